The van der Waals surface area contributed by atoms with E-state index in [1.54, 1.807) is 10.7 Å². The molecular formula is C18H19F2N9O. The quantitative estimate of drug-likeness (QED) is 0.521. The fraction of sp³-hybridized carbons (Fsp3) is 0.389. The van der Waals surface area contributed by atoms with Gasteiger partial charge in [-0.05, 0) is 31.5 Å². The molecule has 1 aliphatic rings. The zero-order chi connectivity index (χ0) is 21.0. The molecule has 1 fully saturated rings. The Bertz CT molecular complexity index is 1320. The third-order valence-electron chi connectivity index (χ3n) is 5.46. The van der Waals surface area contributed by atoms with Crippen LogP contribution in [0.3, 0.4) is 0 Å². The van der Waals surface area contributed by atoms with Crippen LogP contribution in [0.5, 0.6) is 0 Å². The smallest absolute Gasteiger partial charge is 0.323 e. The number of alkyl halides is 2. The number of aromatic nitrogens is 7. The van der Waals surface area contributed by atoms with Crippen molar-refractivity contribution in [3.05, 3.63) is 40.8 Å². The van der Waals surface area contributed by atoms with Crippen molar-refractivity contribution < 1.29 is 8.78 Å². The number of aryl methyl sites for hydroxylation is 2. The van der Waals surface area contributed by atoms with Gasteiger partial charge in [-0.25, -0.2) is 28.1 Å². The predicted octanol–water partition coefficient (Wildman–Crippen LogP) is 1.39. The molecule has 1 aliphatic heterocycles. The molecule has 5 heterocycles. The van der Waals surface area contributed by atoms with Gasteiger partial charge in [-0.1, -0.05) is 0 Å². The first-order valence-electron chi connectivity index (χ1n) is 9.45. The van der Waals surface area contributed by atoms with Gasteiger partial charge in [0.25, 0.3) is 5.92 Å². The summed E-state index contributed by atoms with van der Waals surface area (Å²) in [4.78, 5) is 25.6. The summed E-state index contributed by atoms with van der Waals surface area (Å²) in [5, 5.41) is 9.88. The first kappa shape index (κ1) is 18.6. The topological polar surface area (TPSA) is 107 Å². The maximum atomic E-state index is 14.6. The molecule has 0 unspecified atom stereocenters. The summed E-state index contributed by atoms with van der Waals surface area (Å²) in [6.45, 7) is 1.81. The van der Waals surface area contributed by atoms with E-state index in [1.807, 2.05) is 13.0 Å². The Morgan fingerprint density at radius 2 is 2.17 bits per heavy atom. The minimum Gasteiger partial charge on any atom is -0.323 e. The molecule has 4 aromatic heterocycles. The monoisotopic (exact) mass is 415 g/mol. The number of imidazole rings is 1. The van der Waals surface area contributed by atoms with Crippen LogP contribution in [0.1, 0.15) is 18.0 Å². The van der Waals surface area contributed by atoms with Gasteiger partial charge in [0.15, 0.2) is 11.3 Å². The average Bonchev–Trinajstić information content (AvgIpc) is 3.25. The van der Waals surface area contributed by atoms with E-state index >= 15 is 0 Å². The van der Waals surface area contributed by atoms with Crippen molar-refractivity contribution >= 4 is 28.4 Å². The van der Waals surface area contributed by atoms with Crippen LogP contribution < -0.4 is 16.3 Å². The van der Waals surface area contributed by atoms with Gasteiger partial charge < -0.3 is 10.6 Å². The van der Waals surface area contributed by atoms with Crippen LogP contribution in [0, 0.1) is 6.92 Å². The minimum absolute atomic E-state index is 0.126. The molecule has 2 N–H and O–H groups in total. The van der Waals surface area contributed by atoms with Crippen molar-refractivity contribution in [3.8, 4) is 0 Å². The molecule has 0 radical (unpaired) electrons. The van der Waals surface area contributed by atoms with Crippen molar-refractivity contribution in [3.63, 3.8) is 0 Å². The highest BCUT2D eigenvalue weighted by Gasteiger charge is 2.44. The Morgan fingerprint density at radius 1 is 1.33 bits per heavy atom. The zero-order valence-electron chi connectivity index (χ0n) is 16.3. The summed E-state index contributed by atoms with van der Waals surface area (Å²) < 4.78 is 33.2. The molecule has 0 spiro atoms. The molecule has 0 saturated carbocycles. The van der Waals surface area contributed by atoms with Crippen LogP contribution in [0.4, 0.5) is 20.4 Å². The molecule has 10 nitrogen and oxygen atoms in total. The number of halogens is 2. The summed E-state index contributed by atoms with van der Waals surface area (Å²) in [6, 6.07) is 0.577. The van der Waals surface area contributed by atoms with Crippen molar-refractivity contribution in [2.75, 3.05) is 18.4 Å². The molecule has 4 aromatic rings. The summed E-state index contributed by atoms with van der Waals surface area (Å²) >= 11 is 0. The largest absolute Gasteiger partial charge is 0.330 e. The molecule has 0 aromatic carbocycles. The maximum absolute atomic E-state index is 14.6. The van der Waals surface area contributed by atoms with E-state index in [4.69, 9.17) is 0 Å². The number of pyridine rings is 1. The first-order chi connectivity index (χ1) is 14.3. The van der Waals surface area contributed by atoms with Crippen LogP contribution >= 0.6 is 0 Å². The second kappa shape index (κ2) is 6.55. The van der Waals surface area contributed by atoms with E-state index in [2.05, 4.69) is 30.7 Å². The number of piperidine rings is 1. The van der Waals surface area contributed by atoms with Crippen molar-refractivity contribution in [2.45, 2.75) is 25.3 Å². The van der Waals surface area contributed by atoms with Crippen LogP contribution in [0.15, 0.2) is 29.6 Å². The lowest BCUT2D eigenvalue weighted by atomic mass is 10.0. The predicted molar refractivity (Wildman–Crippen MR) is 105 cm³/mol. The SMILES string of the molecule is Cc1cc2ncnn2cc1Nc1ncc2c(n1)n([C@H]1CCNCC1(F)F)c(=O)n2C. The summed E-state index contributed by atoms with van der Waals surface area (Å²) in [6.07, 6.45) is 4.78. The molecule has 156 valence electrons. The lowest BCUT2D eigenvalue weighted by Gasteiger charge is -2.32. The third-order valence-corrected chi connectivity index (χ3v) is 5.46. The maximum Gasteiger partial charge on any atom is 0.330 e. The molecule has 1 atom stereocenters. The number of anilines is 2. The molecule has 1 saturated heterocycles. The molecular weight excluding hydrogens is 396 g/mol. The number of fused-ring (bicyclic) bond motifs is 2. The van der Waals surface area contributed by atoms with Crippen molar-refractivity contribution in [1.29, 1.82) is 0 Å². The van der Waals surface area contributed by atoms with E-state index in [0.29, 0.717) is 23.4 Å². The van der Waals surface area contributed by atoms with E-state index in [1.165, 1.54) is 24.1 Å². The lowest BCUT2D eigenvalue weighted by Crippen LogP contribution is -2.49. The van der Waals surface area contributed by atoms with E-state index in [-0.39, 0.29) is 18.0 Å². The van der Waals surface area contributed by atoms with Gasteiger partial charge in [-0.15, -0.1) is 0 Å². The Hall–Kier alpha value is -3.41. The Morgan fingerprint density at radius 3 is 2.97 bits per heavy atom. The van der Waals surface area contributed by atoms with Crippen molar-refractivity contribution in [2.24, 2.45) is 7.05 Å². The van der Waals surface area contributed by atoms with Crippen molar-refractivity contribution in [1.82, 2.24) is 39.0 Å². The van der Waals surface area contributed by atoms with Gasteiger partial charge in [0.05, 0.1) is 24.6 Å². The number of rotatable bonds is 3. The standard InChI is InChI=1S/C18H19F2N9O/c1-10-5-14-23-9-24-28(14)7-11(10)25-16-22-6-12-15(26-16)29(17(30)27(12)2)13-3-4-21-8-18(13,19)20/h5-7,9,13,21H,3-4,8H2,1-2H3,(H,22,25,26)/t13-/m0/s1. The van der Waals surface area contributed by atoms with Gasteiger partial charge in [-0.2, -0.15) is 10.1 Å². The number of nitrogens with zero attached hydrogens (tertiary/aromatic N) is 7. The normalized spacial score (nSPS) is 18.9. The third kappa shape index (κ3) is 2.83. The van der Waals surface area contributed by atoms with E-state index in [0.717, 1.165) is 10.1 Å². The highest BCUT2D eigenvalue weighted by atomic mass is 19.3. The second-order valence-corrected chi connectivity index (χ2v) is 7.41. The Labute approximate surface area is 168 Å². The molecule has 5 rings (SSSR count). The second-order valence-electron chi connectivity index (χ2n) is 7.41. The Kier molecular flexibility index (Phi) is 4.07. The van der Waals surface area contributed by atoms with Gasteiger partial charge in [0.1, 0.15) is 17.9 Å². The Balaban J connectivity index is 1.61. The van der Waals surface area contributed by atoms with Crippen LogP contribution in [-0.2, 0) is 7.05 Å². The number of nitrogens with one attached hydrogen (secondary N) is 2. The molecule has 0 bridgehead atoms. The minimum atomic E-state index is -3.07. The van der Waals surface area contributed by atoms with E-state index in [9.17, 15) is 13.6 Å². The first-order valence-corrected chi connectivity index (χ1v) is 9.45. The zero-order valence-corrected chi connectivity index (χ0v) is 16.3. The molecule has 12 heteroatoms. The van der Waals surface area contributed by atoms with Crippen LogP contribution in [-0.4, -0.2) is 52.7 Å². The molecule has 30 heavy (non-hydrogen) atoms. The summed E-state index contributed by atoms with van der Waals surface area (Å²) in [5.41, 5.74) is 2.29. The average molecular weight is 415 g/mol. The fourth-order valence-corrected chi connectivity index (χ4v) is 3.83. The number of hydrogen-bond donors (Lipinski definition) is 2. The van der Waals surface area contributed by atoms with Gasteiger partial charge in [0, 0.05) is 7.05 Å². The molecule has 0 amide bonds. The fourth-order valence-electron chi connectivity index (χ4n) is 3.83. The highest BCUT2D eigenvalue weighted by molar-refractivity contribution is 5.73. The molecule has 0 aliphatic carbocycles. The van der Waals surface area contributed by atoms with Crippen LogP contribution in [0.2, 0.25) is 0 Å². The summed E-state index contributed by atoms with van der Waals surface area (Å²) in [5.74, 6) is -2.87. The van der Waals surface area contributed by atoms with Gasteiger partial charge in [-0.3, -0.25) is 9.13 Å². The lowest BCUT2D eigenvalue weighted by molar-refractivity contribution is -0.0658. The highest BCUT2D eigenvalue weighted by Crippen LogP contribution is 2.34. The van der Waals surface area contributed by atoms with Crippen LogP contribution in [0.25, 0.3) is 16.8 Å². The van der Waals surface area contributed by atoms with Gasteiger partial charge >= 0.3 is 5.69 Å². The van der Waals surface area contributed by atoms with E-state index < -0.39 is 24.2 Å². The summed E-state index contributed by atoms with van der Waals surface area (Å²) in [7, 11) is 1.53. The number of hydrogen-bond acceptors (Lipinski definition) is 7. The van der Waals surface area contributed by atoms with Gasteiger partial charge in [0.2, 0.25) is 5.95 Å².